The Morgan fingerprint density at radius 2 is 2.00 bits per heavy atom. The van der Waals surface area contributed by atoms with Crippen LogP contribution in [-0.4, -0.2) is 37.0 Å². The zero-order valence-electron chi connectivity index (χ0n) is 13.6. The average molecular weight is 367 g/mol. The summed E-state index contributed by atoms with van der Waals surface area (Å²) < 4.78 is 45.5. The van der Waals surface area contributed by atoms with Gasteiger partial charge in [-0.25, -0.2) is 9.20 Å². The predicted octanol–water partition coefficient (Wildman–Crippen LogP) is 1.78. The molecule has 8 nitrogen and oxygen atoms in total. The highest BCUT2D eigenvalue weighted by atomic mass is 19.4. The third-order valence-electron chi connectivity index (χ3n) is 3.47. The number of fused-ring (bicyclic) bond motifs is 1. The molecule has 11 heteroatoms. The van der Waals surface area contributed by atoms with Crippen LogP contribution in [-0.2, 0) is 10.9 Å². The average Bonchev–Trinajstić information content (AvgIpc) is 2.98. The molecule has 0 aliphatic heterocycles. The Bertz CT molecular complexity index is 1050. The Morgan fingerprint density at radius 1 is 1.27 bits per heavy atom. The van der Waals surface area contributed by atoms with Crippen molar-refractivity contribution in [2.24, 2.45) is 0 Å². The van der Waals surface area contributed by atoms with E-state index in [0.717, 1.165) is 21.2 Å². The van der Waals surface area contributed by atoms with Gasteiger partial charge in [0.05, 0.1) is 17.9 Å². The van der Waals surface area contributed by atoms with Gasteiger partial charge in [0.15, 0.2) is 0 Å². The molecule has 0 saturated heterocycles. The van der Waals surface area contributed by atoms with E-state index in [2.05, 4.69) is 15.3 Å². The first-order valence-electron chi connectivity index (χ1n) is 7.44. The fourth-order valence-electron chi connectivity index (χ4n) is 2.29. The van der Waals surface area contributed by atoms with Gasteiger partial charge in [0.1, 0.15) is 5.69 Å². The quantitative estimate of drug-likeness (QED) is 0.656. The molecule has 1 aromatic carbocycles. The van der Waals surface area contributed by atoms with Crippen molar-refractivity contribution < 1.29 is 22.7 Å². The third kappa shape index (κ3) is 2.91. The number of esters is 1. The summed E-state index contributed by atoms with van der Waals surface area (Å²) in [7, 11) is 0. The van der Waals surface area contributed by atoms with E-state index >= 15 is 0 Å². The lowest BCUT2D eigenvalue weighted by Crippen LogP contribution is -2.23. The van der Waals surface area contributed by atoms with Gasteiger partial charge in [0.25, 0.3) is 11.3 Å². The van der Waals surface area contributed by atoms with Crippen LogP contribution in [0, 0.1) is 6.92 Å². The number of rotatable bonds is 3. The maximum atomic E-state index is 13.0. The summed E-state index contributed by atoms with van der Waals surface area (Å²) in [6.07, 6.45) is -4.57. The van der Waals surface area contributed by atoms with Crippen LogP contribution < -0.4 is 5.56 Å². The van der Waals surface area contributed by atoms with Crippen molar-refractivity contribution in [1.29, 1.82) is 0 Å². The van der Waals surface area contributed by atoms with Gasteiger partial charge in [-0.2, -0.15) is 17.9 Å². The lowest BCUT2D eigenvalue weighted by molar-refractivity contribution is -0.137. The number of hydrogen-bond donors (Lipinski definition) is 0. The molecule has 3 rings (SSSR count). The molecule has 0 N–H and O–H groups in total. The van der Waals surface area contributed by atoms with E-state index < -0.39 is 29.1 Å². The first kappa shape index (κ1) is 17.6. The number of ether oxygens (including phenoxy) is 1. The second kappa shape index (κ2) is 6.24. The zero-order chi connectivity index (χ0) is 19.1. The Labute approximate surface area is 143 Å². The van der Waals surface area contributed by atoms with Crippen LogP contribution in [0.25, 0.3) is 11.5 Å². The van der Waals surface area contributed by atoms with E-state index in [9.17, 15) is 22.8 Å². The normalized spacial score (nSPS) is 11.7. The number of carbonyl (C=O) groups excluding carboxylic acids is 1. The predicted molar refractivity (Wildman–Crippen MR) is 82.1 cm³/mol. The van der Waals surface area contributed by atoms with E-state index in [-0.39, 0.29) is 23.8 Å². The summed E-state index contributed by atoms with van der Waals surface area (Å²) in [5, 5.41) is 11.4. The van der Waals surface area contributed by atoms with Crippen molar-refractivity contribution in [2.75, 3.05) is 6.61 Å². The molecular formula is C15H12F3N5O3. The molecule has 0 atom stereocenters. The molecule has 136 valence electrons. The molecule has 2 aromatic heterocycles. The molecule has 0 amide bonds. The second-order valence-electron chi connectivity index (χ2n) is 5.23. The first-order chi connectivity index (χ1) is 12.2. The van der Waals surface area contributed by atoms with Crippen LogP contribution in [0.5, 0.6) is 0 Å². The largest absolute Gasteiger partial charge is 0.460 e. The van der Waals surface area contributed by atoms with Gasteiger partial charge in [-0.15, -0.1) is 15.3 Å². The summed E-state index contributed by atoms with van der Waals surface area (Å²) in [4.78, 5) is 24.5. The van der Waals surface area contributed by atoms with E-state index in [0.29, 0.717) is 0 Å². The molecule has 0 fully saturated rings. The van der Waals surface area contributed by atoms with Gasteiger partial charge in [-0.1, -0.05) is 6.07 Å². The lowest BCUT2D eigenvalue weighted by atomic mass is 10.2. The molecule has 0 aliphatic rings. The molecule has 26 heavy (non-hydrogen) atoms. The Balaban J connectivity index is 2.30. The Kier molecular flexibility index (Phi) is 4.22. The maximum Gasteiger partial charge on any atom is 0.416 e. The number of hydrogen-bond acceptors (Lipinski definition) is 6. The third-order valence-corrected chi connectivity index (χ3v) is 3.47. The number of aryl methyl sites for hydroxylation is 1. The fraction of sp³-hybridized carbons (Fsp3) is 0.267. The first-order valence-corrected chi connectivity index (χ1v) is 7.44. The minimum absolute atomic E-state index is 0.00311. The van der Waals surface area contributed by atoms with Gasteiger partial charge in [-0.05, 0) is 32.0 Å². The molecule has 3 aromatic rings. The molecule has 0 spiro atoms. The summed E-state index contributed by atoms with van der Waals surface area (Å²) in [5.41, 5.74) is -1.62. The minimum atomic E-state index is -4.57. The van der Waals surface area contributed by atoms with Crippen molar-refractivity contribution in [1.82, 2.24) is 24.4 Å². The minimum Gasteiger partial charge on any atom is -0.460 e. The number of benzene rings is 1. The van der Waals surface area contributed by atoms with Crippen molar-refractivity contribution >= 4 is 11.7 Å². The number of nitrogens with zero attached hydrogens (tertiary/aromatic N) is 5. The van der Waals surface area contributed by atoms with Crippen LogP contribution in [0.4, 0.5) is 13.2 Å². The SMILES string of the molecule is CCOC(=O)c1nn(-c2cccc(C(F)(F)F)c2)c2nnc(C)c(=O)n12. The molecule has 0 saturated carbocycles. The van der Waals surface area contributed by atoms with E-state index in [1.807, 2.05) is 0 Å². The van der Waals surface area contributed by atoms with Gasteiger partial charge >= 0.3 is 12.1 Å². The van der Waals surface area contributed by atoms with Crippen LogP contribution >= 0.6 is 0 Å². The maximum absolute atomic E-state index is 13.0. The summed E-state index contributed by atoms with van der Waals surface area (Å²) >= 11 is 0. The highest BCUT2D eigenvalue weighted by Crippen LogP contribution is 2.30. The monoisotopic (exact) mass is 367 g/mol. The van der Waals surface area contributed by atoms with Crippen LogP contribution in [0.15, 0.2) is 29.1 Å². The lowest BCUT2D eigenvalue weighted by Gasteiger charge is -2.08. The molecule has 0 unspecified atom stereocenters. The van der Waals surface area contributed by atoms with Crippen molar-refractivity contribution in [3.8, 4) is 5.69 Å². The molecule has 0 bridgehead atoms. The molecule has 0 radical (unpaired) electrons. The Hall–Kier alpha value is -3.24. The number of aromatic nitrogens is 5. The molecule has 2 heterocycles. The van der Waals surface area contributed by atoms with E-state index in [4.69, 9.17) is 4.74 Å². The van der Waals surface area contributed by atoms with Crippen LogP contribution in [0.2, 0.25) is 0 Å². The van der Waals surface area contributed by atoms with Crippen molar-refractivity contribution in [3.63, 3.8) is 0 Å². The standard InChI is InChI=1S/C15H12F3N5O3/c1-3-26-13(25)11-21-23(14-20-19-8(2)12(24)22(11)14)10-6-4-5-9(7-10)15(16,17)18/h4-7H,3H2,1-2H3. The fourth-order valence-corrected chi connectivity index (χ4v) is 2.29. The molecule has 0 aliphatic carbocycles. The topological polar surface area (TPSA) is 91.4 Å². The van der Waals surface area contributed by atoms with Crippen LogP contribution in [0.1, 0.15) is 28.8 Å². The van der Waals surface area contributed by atoms with Crippen LogP contribution in [0.3, 0.4) is 0 Å². The summed E-state index contributed by atoms with van der Waals surface area (Å²) in [6.45, 7) is 2.99. The molecular weight excluding hydrogens is 355 g/mol. The zero-order valence-corrected chi connectivity index (χ0v) is 13.6. The number of carbonyl (C=O) groups is 1. The summed E-state index contributed by atoms with van der Waals surface area (Å²) in [5.74, 6) is -1.51. The Morgan fingerprint density at radius 3 is 2.65 bits per heavy atom. The highest BCUT2D eigenvalue weighted by molar-refractivity contribution is 5.86. The van der Waals surface area contributed by atoms with Gasteiger partial charge < -0.3 is 4.74 Å². The highest BCUT2D eigenvalue weighted by Gasteiger charge is 2.31. The van der Waals surface area contributed by atoms with Gasteiger partial charge in [0.2, 0.25) is 5.82 Å². The van der Waals surface area contributed by atoms with E-state index in [1.54, 1.807) is 6.92 Å². The van der Waals surface area contributed by atoms with E-state index in [1.165, 1.54) is 19.1 Å². The summed E-state index contributed by atoms with van der Waals surface area (Å²) in [6, 6.07) is 4.24. The van der Waals surface area contributed by atoms with Gasteiger partial charge in [-0.3, -0.25) is 4.79 Å². The number of halogens is 3. The second-order valence-corrected chi connectivity index (χ2v) is 5.23. The smallest absolute Gasteiger partial charge is 0.416 e. The van der Waals surface area contributed by atoms with Crippen molar-refractivity contribution in [2.45, 2.75) is 20.0 Å². The number of alkyl halides is 3. The van der Waals surface area contributed by atoms with Crippen molar-refractivity contribution in [3.05, 3.63) is 51.7 Å². The van der Waals surface area contributed by atoms with Gasteiger partial charge in [0, 0.05) is 0 Å².